The molecule has 0 spiro atoms. The normalized spacial score (nSPS) is 11.0. The number of carbonyl (C=O) groups is 1. The third-order valence-corrected chi connectivity index (χ3v) is 4.19. The minimum atomic E-state index is -0.0987. The Labute approximate surface area is 155 Å². The highest BCUT2D eigenvalue weighted by atomic mass is 16.5. The molecular formula is C22H27NO3. The molecular weight excluding hydrogens is 326 g/mol. The molecule has 0 aliphatic heterocycles. The smallest absolute Gasteiger partial charge is 0.244 e. The fourth-order valence-corrected chi connectivity index (χ4v) is 2.59. The van der Waals surface area contributed by atoms with Crippen molar-refractivity contribution in [3.63, 3.8) is 0 Å². The average Bonchev–Trinajstić information content (AvgIpc) is 2.66. The van der Waals surface area contributed by atoms with Crippen molar-refractivity contribution in [2.24, 2.45) is 0 Å². The molecule has 0 bridgehead atoms. The van der Waals surface area contributed by atoms with Crippen molar-refractivity contribution >= 4 is 12.0 Å². The Kier molecular flexibility index (Phi) is 7.27. The van der Waals surface area contributed by atoms with Gasteiger partial charge >= 0.3 is 0 Å². The molecule has 0 aliphatic carbocycles. The number of ether oxygens (including phenoxy) is 2. The van der Waals surface area contributed by atoms with Gasteiger partial charge in [-0.05, 0) is 47.2 Å². The summed E-state index contributed by atoms with van der Waals surface area (Å²) in [6.45, 7) is 4.89. The zero-order valence-electron chi connectivity index (χ0n) is 15.9. The molecule has 0 atom stereocenters. The van der Waals surface area contributed by atoms with Crippen LogP contribution < -0.4 is 14.8 Å². The third kappa shape index (κ3) is 5.66. The van der Waals surface area contributed by atoms with Gasteiger partial charge in [-0.3, -0.25) is 4.79 Å². The summed E-state index contributed by atoms with van der Waals surface area (Å²) < 4.78 is 10.5. The fraction of sp³-hybridized carbons (Fsp3) is 0.318. The quantitative estimate of drug-likeness (QED) is 0.724. The highest BCUT2D eigenvalue weighted by Crippen LogP contribution is 2.27. The Morgan fingerprint density at radius 2 is 1.73 bits per heavy atom. The van der Waals surface area contributed by atoms with E-state index >= 15 is 0 Å². The summed E-state index contributed by atoms with van der Waals surface area (Å²) in [5.41, 5.74) is 3.39. The topological polar surface area (TPSA) is 47.6 Å². The summed E-state index contributed by atoms with van der Waals surface area (Å²) in [6.07, 6.45) is 4.12. The van der Waals surface area contributed by atoms with E-state index in [0.29, 0.717) is 24.0 Å². The van der Waals surface area contributed by atoms with E-state index in [9.17, 15) is 4.79 Å². The molecule has 1 amide bonds. The molecule has 4 nitrogen and oxygen atoms in total. The summed E-state index contributed by atoms with van der Waals surface area (Å²) >= 11 is 0. The molecule has 2 rings (SSSR count). The van der Waals surface area contributed by atoms with E-state index in [1.54, 1.807) is 20.3 Å². The largest absolute Gasteiger partial charge is 0.493 e. The van der Waals surface area contributed by atoms with Gasteiger partial charge in [0.2, 0.25) is 5.91 Å². The van der Waals surface area contributed by atoms with Crippen LogP contribution in [0.25, 0.3) is 6.08 Å². The zero-order chi connectivity index (χ0) is 18.9. The lowest BCUT2D eigenvalue weighted by molar-refractivity contribution is -0.116. The van der Waals surface area contributed by atoms with Gasteiger partial charge in [0.15, 0.2) is 11.5 Å². The molecule has 2 aromatic rings. The number of hydrogen-bond donors (Lipinski definition) is 1. The molecule has 0 saturated heterocycles. The van der Waals surface area contributed by atoms with Crippen molar-refractivity contribution < 1.29 is 14.3 Å². The van der Waals surface area contributed by atoms with Gasteiger partial charge in [0, 0.05) is 12.6 Å². The van der Waals surface area contributed by atoms with Gasteiger partial charge in [-0.1, -0.05) is 44.2 Å². The second-order valence-corrected chi connectivity index (χ2v) is 6.39. The molecule has 0 unspecified atom stereocenters. The second kappa shape index (κ2) is 9.66. The molecule has 4 heteroatoms. The number of benzene rings is 2. The maximum Gasteiger partial charge on any atom is 0.244 e. The van der Waals surface area contributed by atoms with Crippen molar-refractivity contribution in [2.45, 2.75) is 26.2 Å². The summed E-state index contributed by atoms with van der Waals surface area (Å²) in [4.78, 5) is 12.0. The number of carbonyl (C=O) groups excluding carboxylic acids is 1. The van der Waals surface area contributed by atoms with E-state index in [-0.39, 0.29) is 5.91 Å². The Hall–Kier alpha value is -2.75. The summed E-state index contributed by atoms with van der Waals surface area (Å²) in [5, 5.41) is 2.90. The van der Waals surface area contributed by atoms with Crippen molar-refractivity contribution in [1.29, 1.82) is 0 Å². The van der Waals surface area contributed by atoms with E-state index in [0.717, 1.165) is 17.5 Å². The lowest BCUT2D eigenvalue weighted by atomic mass is 10.0. The van der Waals surface area contributed by atoms with Gasteiger partial charge in [-0.2, -0.15) is 0 Å². The van der Waals surface area contributed by atoms with Crippen molar-refractivity contribution in [3.8, 4) is 11.5 Å². The standard InChI is InChI=1S/C22H27NO3/c1-16(2)19-9-5-17(6-10-19)8-12-22(24)23-14-13-18-7-11-20(25-3)21(15-18)26-4/h5-12,15-16H,13-14H2,1-4H3,(H,23,24). The molecule has 0 aromatic heterocycles. The minimum absolute atomic E-state index is 0.0987. The van der Waals surface area contributed by atoms with Gasteiger partial charge in [0.1, 0.15) is 0 Å². The van der Waals surface area contributed by atoms with Crippen LogP contribution in [-0.4, -0.2) is 26.7 Å². The number of amides is 1. The Morgan fingerprint density at radius 3 is 2.35 bits per heavy atom. The first-order chi connectivity index (χ1) is 12.5. The number of nitrogens with one attached hydrogen (secondary N) is 1. The molecule has 0 saturated carbocycles. The molecule has 0 aliphatic rings. The molecule has 26 heavy (non-hydrogen) atoms. The predicted octanol–water partition coefficient (Wildman–Crippen LogP) is 4.20. The first-order valence-corrected chi connectivity index (χ1v) is 8.80. The highest BCUT2D eigenvalue weighted by Gasteiger charge is 2.05. The van der Waals surface area contributed by atoms with Crippen LogP contribution in [0.2, 0.25) is 0 Å². The van der Waals surface area contributed by atoms with Crippen LogP contribution in [0.15, 0.2) is 48.5 Å². The summed E-state index contributed by atoms with van der Waals surface area (Å²) in [5.74, 6) is 1.80. The van der Waals surface area contributed by atoms with Crippen LogP contribution in [0.1, 0.15) is 36.5 Å². The van der Waals surface area contributed by atoms with Gasteiger partial charge in [-0.15, -0.1) is 0 Å². The zero-order valence-corrected chi connectivity index (χ0v) is 15.9. The van der Waals surface area contributed by atoms with Crippen LogP contribution in [0, 0.1) is 0 Å². The van der Waals surface area contributed by atoms with E-state index in [2.05, 4.69) is 31.3 Å². The number of rotatable bonds is 8. The van der Waals surface area contributed by atoms with Gasteiger partial charge in [0.05, 0.1) is 14.2 Å². The number of methoxy groups -OCH3 is 2. The van der Waals surface area contributed by atoms with E-state index in [4.69, 9.17) is 9.47 Å². The second-order valence-electron chi connectivity index (χ2n) is 6.39. The maximum absolute atomic E-state index is 12.0. The minimum Gasteiger partial charge on any atom is -0.493 e. The van der Waals surface area contributed by atoms with Gasteiger partial charge in [-0.25, -0.2) is 0 Å². The van der Waals surface area contributed by atoms with Crippen LogP contribution in [0.4, 0.5) is 0 Å². The first-order valence-electron chi connectivity index (χ1n) is 8.80. The third-order valence-electron chi connectivity index (χ3n) is 4.19. The maximum atomic E-state index is 12.0. The lowest BCUT2D eigenvalue weighted by Crippen LogP contribution is -2.23. The molecule has 1 N–H and O–H groups in total. The van der Waals surface area contributed by atoms with Crippen LogP contribution in [0.5, 0.6) is 11.5 Å². The summed E-state index contributed by atoms with van der Waals surface area (Å²) in [7, 11) is 3.22. The number of hydrogen-bond acceptors (Lipinski definition) is 3. The van der Waals surface area contributed by atoms with Gasteiger partial charge in [0.25, 0.3) is 0 Å². The Balaban J connectivity index is 1.83. The van der Waals surface area contributed by atoms with E-state index in [1.165, 1.54) is 5.56 Å². The predicted molar refractivity (Wildman–Crippen MR) is 106 cm³/mol. The average molecular weight is 353 g/mol. The first kappa shape index (κ1) is 19.6. The van der Waals surface area contributed by atoms with E-state index < -0.39 is 0 Å². The van der Waals surface area contributed by atoms with Crippen LogP contribution in [-0.2, 0) is 11.2 Å². The highest BCUT2D eigenvalue weighted by molar-refractivity contribution is 5.91. The Morgan fingerprint density at radius 1 is 1.04 bits per heavy atom. The van der Waals surface area contributed by atoms with Gasteiger partial charge < -0.3 is 14.8 Å². The molecule has 0 radical (unpaired) electrons. The molecule has 0 fully saturated rings. The van der Waals surface area contributed by atoms with Crippen molar-refractivity contribution in [1.82, 2.24) is 5.32 Å². The van der Waals surface area contributed by atoms with Crippen molar-refractivity contribution in [2.75, 3.05) is 20.8 Å². The SMILES string of the molecule is COc1ccc(CCNC(=O)C=Cc2ccc(C(C)C)cc2)cc1OC. The van der Waals surface area contributed by atoms with Crippen molar-refractivity contribution in [3.05, 3.63) is 65.2 Å². The monoisotopic (exact) mass is 353 g/mol. The van der Waals surface area contributed by atoms with Crippen LogP contribution >= 0.6 is 0 Å². The summed E-state index contributed by atoms with van der Waals surface area (Å²) in [6, 6.07) is 14.0. The fourth-order valence-electron chi connectivity index (χ4n) is 2.59. The molecule has 0 heterocycles. The van der Waals surface area contributed by atoms with E-state index in [1.807, 2.05) is 36.4 Å². The molecule has 138 valence electrons. The Bertz CT molecular complexity index is 748. The molecule has 2 aromatic carbocycles. The lowest BCUT2D eigenvalue weighted by Gasteiger charge is -2.09. The van der Waals surface area contributed by atoms with Crippen LogP contribution in [0.3, 0.4) is 0 Å².